The van der Waals surface area contributed by atoms with Crippen LogP contribution in [0.1, 0.15) is 35.9 Å². The first-order valence-corrected chi connectivity index (χ1v) is 5.77. The van der Waals surface area contributed by atoms with Gasteiger partial charge in [-0.3, -0.25) is 4.79 Å². The lowest BCUT2D eigenvalue weighted by Gasteiger charge is -2.30. The Morgan fingerprint density at radius 1 is 1.62 bits per heavy atom. The molecule has 2 N–H and O–H groups in total. The molecule has 0 aliphatic carbocycles. The molecule has 2 rings (SSSR count). The highest BCUT2D eigenvalue weighted by atomic mass is 16.3. The Bertz CT molecular complexity index is 373. The average molecular weight is 222 g/mol. The van der Waals surface area contributed by atoms with Gasteiger partial charge in [-0.05, 0) is 39.3 Å². The first-order valence-electron chi connectivity index (χ1n) is 5.77. The van der Waals surface area contributed by atoms with Crippen LogP contribution in [0, 0.1) is 6.92 Å². The molecule has 1 aromatic heterocycles. The van der Waals surface area contributed by atoms with Crippen LogP contribution in [0.4, 0.5) is 0 Å². The van der Waals surface area contributed by atoms with E-state index in [1.807, 2.05) is 0 Å². The van der Waals surface area contributed by atoms with Crippen LogP contribution in [0.2, 0.25) is 0 Å². The van der Waals surface area contributed by atoms with Crippen LogP contribution < -0.4 is 10.6 Å². The van der Waals surface area contributed by atoms with E-state index in [2.05, 4.69) is 17.6 Å². The molecule has 4 heteroatoms. The minimum absolute atomic E-state index is 0.0354. The quantitative estimate of drug-likeness (QED) is 0.796. The Hall–Kier alpha value is -1.29. The number of hydrogen-bond donors (Lipinski definition) is 2. The third-order valence-corrected chi connectivity index (χ3v) is 3.18. The molecule has 1 fully saturated rings. The summed E-state index contributed by atoms with van der Waals surface area (Å²) in [6.45, 7) is 4.95. The smallest absolute Gasteiger partial charge is 0.255 e. The van der Waals surface area contributed by atoms with E-state index in [1.54, 1.807) is 19.3 Å². The molecule has 0 radical (unpaired) electrons. The number of furan rings is 1. The SMILES string of the molecule is Cc1occc1C(=O)NC1CCCNC1C. The number of nitrogens with one attached hydrogen (secondary N) is 2. The molecule has 0 bridgehead atoms. The Morgan fingerprint density at radius 2 is 2.44 bits per heavy atom. The van der Waals surface area contributed by atoms with Crippen molar-refractivity contribution in [2.75, 3.05) is 6.54 Å². The van der Waals surface area contributed by atoms with Gasteiger partial charge in [0.2, 0.25) is 0 Å². The van der Waals surface area contributed by atoms with Gasteiger partial charge in [0, 0.05) is 12.1 Å². The monoisotopic (exact) mass is 222 g/mol. The van der Waals surface area contributed by atoms with E-state index in [0.717, 1.165) is 19.4 Å². The topological polar surface area (TPSA) is 54.3 Å². The highest BCUT2D eigenvalue weighted by Gasteiger charge is 2.23. The van der Waals surface area contributed by atoms with Crippen molar-refractivity contribution in [3.63, 3.8) is 0 Å². The highest BCUT2D eigenvalue weighted by molar-refractivity contribution is 5.95. The summed E-state index contributed by atoms with van der Waals surface area (Å²) >= 11 is 0. The number of aryl methyl sites for hydroxylation is 1. The molecular formula is C12H18N2O2. The molecule has 1 amide bonds. The van der Waals surface area contributed by atoms with Crippen LogP contribution in [-0.4, -0.2) is 24.5 Å². The van der Waals surface area contributed by atoms with Gasteiger partial charge in [-0.15, -0.1) is 0 Å². The molecule has 2 unspecified atom stereocenters. The predicted octanol–water partition coefficient (Wildman–Crippen LogP) is 1.46. The Balaban J connectivity index is 1.99. The van der Waals surface area contributed by atoms with Crippen LogP contribution >= 0.6 is 0 Å². The zero-order valence-corrected chi connectivity index (χ0v) is 9.75. The second kappa shape index (κ2) is 4.70. The lowest BCUT2D eigenvalue weighted by atomic mass is 9.99. The molecule has 0 aromatic carbocycles. The third kappa shape index (κ3) is 2.27. The van der Waals surface area contributed by atoms with E-state index >= 15 is 0 Å². The molecule has 0 saturated carbocycles. The summed E-state index contributed by atoms with van der Waals surface area (Å²) in [5.74, 6) is 0.640. The number of amides is 1. The van der Waals surface area contributed by atoms with E-state index in [-0.39, 0.29) is 11.9 Å². The normalized spacial score (nSPS) is 25.4. The van der Waals surface area contributed by atoms with Gasteiger partial charge >= 0.3 is 0 Å². The molecule has 88 valence electrons. The molecular weight excluding hydrogens is 204 g/mol. The van der Waals surface area contributed by atoms with Crippen LogP contribution in [0.25, 0.3) is 0 Å². The van der Waals surface area contributed by atoms with Crippen molar-refractivity contribution in [3.05, 3.63) is 23.7 Å². The van der Waals surface area contributed by atoms with Gasteiger partial charge < -0.3 is 15.1 Å². The molecule has 4 nitrogen and oxygen atoms in total. The molecule has 2 heterocycles. The number of piperidine rings is 1. The van der Waals surface area contributed by atoms with E-state index in [4.69, 9.17) is 4.42 Å². The van der Waals surface area contributed by atoms with Gasteiger partial charge in [-0.25, -0.2) is 0 Å². The maximum Gasteiger partial charge on any atom is 0.255 e. The van der Waals surface area contributed by atoms with Crippen molar-refractivity contribution in [1.82, 2.24) is 10.6 Å². The van der Waals surface area contributed by atoms with Gasteiger partial charge in [0.15, 0.2) is 0 Å². The van der Waals surface area contributed by atoms with Gasteiger partial charge in [0.05, 0.1) is 11.8 Å². The minimum atomic E-state index is -0.0354. The molecule has 1 aromatic rings. The molecule has 2 atom stereocenters. The first kappa shape index (κ1) is 11.2. The molecule has 1 aliphatic heterocycles. The molecule has 16 heavy (non-hydrogen) atoms. The summed E-state index contributed by atoms with van der Waals surface area (Å²) in [4.78, 5) is 11.9. The maximum atomic E-state index is 11.9. The minimum Gasteiger partial charge on any atom is -0.469 e. The van der Waals surface area contributed by atoms with Crippen molar-refractivity contribution in [2.45, 2.75) is 38.8 Å². The van der Waals surface area contributed by atoms with Gasteiger partial charge in [0.1, 0.15) is 5.76 Å². The first-order chi connectivity index (χ1) is 7.68. The van der Waals surface area contributed by atoms with Crippen LogP contribution in [0.15, 0.2) is 16.7 Å². The fraction of sp³-hybridized carbons (Fsp3) is 0.583. The Kier molecular flexibility index (Phi) is 3.29. The fourth-order valence-corrected chi connectivity index (χ4v) is 2.11. The van der Waals surface area contributed by atoms with Crippen LogP contribution in [0.5, 0.6) is 0 Å². The lowest BCUT2D eigenvalue weighted by molar-refractivity contribution is 0.0918. The molecule has 1 aliphatic rings. The number of carbonyl (C=O) groups is 1. The second-order valence-corrected chi connectivity index (χ2v) is 4.36. The zero-order chi connectivity index (χ0) is 11.5. The Morgan fingerprint density at radius 3 is 3.06 bits per heavy atom. The average Bonchev–Trinajstić information content (AvgIpc) is 2.68. The number of hydrogen-bond acceptors (Lipinski definition) is 3. The second-order valence-electron chi connectivity index (χ2n) is 4.36. The lowest BCUT2D eigenvalue weighted by Crippen LogP contribution is -2.51. The van der Waals surface area contributed by atoms with Crippen molar-refractivity contribution in [2.24, 2.45) is 0 Å². The van der Waals surface area contributed by atoms with Crippen molar-refractivity contribution >= 4 is 5.91 Å². The van der Waals surface area contributed by atoms with E-state index in [0.29, 0.717) is 17.4 Å². The summed E-state index contributed by atoms with van der Waals surface area (Å²) in [6.07, 6.45) is 3.70. The summed E-state index contributed by atoms with van der Waals surface area (Å²) in [7, 11) is 0. The van der Waals surface area contributed by atoms with E-state index in [1.165, 1.54) is 0 Å². The predicted molar refractivity (Wildman–Crippen MR) is 61.4 cm³/mol. The summed E-state index contributed by atoms with van der Waals surface area (Å²) in [6, 6.07) is 2.27. The van der Waals surface area contributed by atoms with E-state index < -0.39 is 0 Å². The number of carbonyl (C=O) groups excluding carboxylic acids is 1. The van der Waals surface area contributed by atoms with Gasteiger partial charge in [-0.1, -0.05) is 0 Å². The van der Waals surface area contributed by atoms with Crippen molar-refractivity contribution in [3.8, 4) is 0 Å². The summed E-state index contributed by atoms with van der Waals surface area (Å²) in [5.41, 5.74) is 0.637. The third-order valence-electron chi connectivity index (χ3n) is 3.18. The van der Waals surface area contributed by atoms with E-state index in [9.17, 15) is 4.79 Å². The molecule has 0 spiro atoms. The van der Waals surface area contributed by atoms with Gasteiger partial charge in [-0.2, -0.15) is 0 Å². The maximum absolute atomic E-state index is 11.9. The standard InChI is InChI=1S/C12H18N2O2/c1-8-11(4-3-6-13-8)14-12(15)10-5-7-16-9(10)2/h5,7-8,11,13H,3-4,6H2,1-2H3,(H,14,15). The molecule has 1 saturated heterocycles. The zero-order valence-electron chi connectivity index (χ0n) is 9.75. The van der Waals surface area contributed by atoms with Gasteiger partial charge in [0.25, 0.3) is 5.91 Å². The summed E-state index contributed by atoms with van der Waals surface area (Å²) in [5, 5.41) is 6.41. The summed E-state index contributed by atoms with van der Waals surface area (Å²) < 4.78 is 5.13. The van der Waals surface area contributed by atoms with Crippen LogP contribution in [0.3, 0.4) is 0 Å². The largest absolute Gasteiger partial charge is 0.469 e. The highest BCUT2D eigenvalue weighted by Crippen LogP contribution is 2.12. The fourth-order valence-electron chi connectivity index (χ4n) is 2.11. The van der Waals surface area contributed by atoms with Crippen molar-refractivity contribution < 1.29 is 9.21 Å². The van der Waals surface area contributed by atoms with Crippen molar-refractivity contribution in [1.29, 1.82) is 0 Å². The Labute approximate surface area is 95.4 Å². The van der Waals surface area contributed by atoms with Crippen LogP contribution in [-0.2, 0) is 0 Å². The number of rotatable bonds is 2.